The van der Waals surface area contributed by atoms with E-state index in [9.17, 15) is 4.79 Å². The summed E-state index contributed by atoms with van der Waals surface area (Å²) in [5, 5.41) is 5.49. The summed E-state index contributed by atoms with van der Waals surface area (Å²) in [5.41, 5.74) is 4.86. The first-order valence-corrected chi connectivity index (χ1v) is 9.51. The van der Waals surface area contributed by atoms with Gasteiger partial charge in [-0.05, 0) is 54.9 Å². The van der Waals surface area contributed by atoms with Gasteiger partial charge in [0, 0.05) is 26.5 Å². The van der Waals surface area contributed by atoms with Gasteiger partial charge in [-0.3, -0.25) is 4.79 Å². The molecule has 1 N–H and O–H groups in total. The molecule has 0 radical (unpaired) electrons. The van der Waals surface area contributed by atoms with Crippen LogP contribution in [0.25, 0.3) is 0 Å². The second-order valence-corrected chi connectivity index (χ2v) is 8.31. The fourth-order valence-corrected chi connectivity index (χ4v) is 5.33. The van der Waals surface area contributed by atoms with Crippen LogP contribution in [0.2, 0.25) is 0 Å². The molecular formula is C17H20Br2N2O. The highest BCUT2D eigenvalue weighted by Gasteiger charge is 2.61. The molecule has 118 valence electrons. The molecule has 1 aromatic carbocycles. The minimum atomic E-state index is -0.146. The average Bonchev–Trinajstić information content (AvgIpc) is 2.89. The minimum Gasteiger partial charge on any atom is -0.267 e. The van der Waals surface area contributed by atoms with Gasteiger partial charge in [-0.15, -0.1) is 0 Å². The van der Waals surface area contributed by atoms with E-state index < -0.39 is 0 Å². The van der Waals surface area contributed by atoms with E-state index in [2.05, 4.69) is 56.2 Å². The SMILES string of the molecule is C[C@]12CC[C@@H](C/C1=N/NC(=O)c1ccc(Br)cc1)[C@@]2(C)CBr. The zero-order valence-electron chi connectivity index (χ0n) is 12.8. The Labute approximate surface area is 148 Å². The molecule has 0 unspecified atom stereocenters. The summed E-state index contributed by atoms with van der Waals surface area (Å²) < 4.78 is 0.962. The Balaban J connectivity index is 1.77. The number of carbonyl (C=O) groups excluding carboxylic acids is 1. The largest absolute Gasteiger partial charge is 0.271 e. The van der Waals surface area contributed by atoms with E-state index in [1.54, 1.807) is 12.1 Å². The quantitative estimate of drug-likeness (QED) is 0.548. The molecular weight excluding hydrogens is 408 g/mol. The molecule has 2 saturated carbocycles. The molecule has 3 rings (SSSR count). The maximum absolute atomic E-state index is 12.2. The average molecular weight is 428 g/mol. The number of carbonyl (C=O) groups is 1. The van der Waals surface area contributed by atoms with E-state index in [4.69, 9.17) is 0 Å². The number of halogens is 2. The lowest BCUT2D eigenvalue weighted by Crippen LogP contribution is -2.37. The van der Waals surface area contributed by atoms with E-state index in [0.717, 1.165) is 28.4 Å². The molecule has 2 bridgehead atoms. The molecule has 2 aliphatic carbocycles. The number of benzene rings is 1. The number of nitrogens with zero attached hydrogens (tertiary/aromatic N) is 1. The number of amides is 1. The van der Waals surface area contributed by atoms with Crippen molar-refractivity contribution in [1.82, 2.24) is 5.43 Å². The van der Waals surface area contributed by atoms with E-state index in [1.165, 1.54) is 6.42 Å². The van der Waals surface area contributed by atoms with E-state index >= 15 is 0 Å². The summed E-state index contributed by atoms with van der Waals surface area (Å²) >= 11 is 7.07. The molecule has 0 spiro atoms. The third-order valence-corrected chi connectivity index (χ3v) is 7.60. The molecule has 2 fully saturated rings. The molecule has 0 aliphatic heterocycles. The highest BCUT2D eigenvalue weighted by molar-refractivity contribution is 9.10. The first kappa shape index (κ1) is 16.2. The van der Waals surface area contributed by atoms with Gasteiger partial charge in [-0.1, -0.05) is 45.7 Å². The lowest BCUT2D eigenvalue weighted by Gasteiger charge is -2.36. The Morgan fingerprint density at radius 2 is 2.05 bits per heavy atom. The van der Waals surface area contributed by atoms with Crippen molar-refractivity contribution in [2.24, 2.45) is 21.8 Å². The zero-order valence-corrected chi connectivity index (χ0v) is 16.0. The molecule has 5 heteroatoms. The Morgan fingerprint density at radius 1 is 1.36 bits per heavy atom. The van der Waals surface area contributed by atoms with Crippen LogP contribution in [0, 0.1) is 16.7 Å². The molecule has 0 saturated heterocycles. The lowest BCUT2D eigenvalue weighted by molar-refractivity contribution is 0.0954. The zero-order chi connectivity index (χ0) is 16.0. The molecule has 0 heterocycles. The van der Waals surface area contributed by atoms with Crippen LogP contribution in [0.4, 0.5) is 0 Å². The van der Waals surface area contributed by atoms with Gasteiger partial charge in [0.25, 0.3) is 5.91 Å². The number of hydrazone groups is 1. The summed E-state index contributed by atoms with van der Waals surface area (Å²) in [6.45, 7) is 4.64. The third-order valence-electron chi connectivity index (χ3n) is 5.91. The molecule has 0 aromatic heterocycles. The maximum atomic E-state index is 12.2. The predicted octanol–water partition coefficient (Wildman–Crippen LogP) is 4.76. The lowest BCUT2D eigenvalue weighted by atomic mass is 9.70. The Bertz CT molecular complexity index is 628. The summed E-state index contributed by atoms with van der Waals surface area (Å²) in [7, 11) is 0. The molecule has 1 aromatic rings. The van der Waals surface area contributed by atoms with Crippen LogP contribution in [-0.4, -0.2) is 16.9 Å². The highest BCUT2D eigenvalue weighted by atomic mass is 79.9. The first-order valence-electron chi connectivity index (χ1n) is 7.59. The van der Waals surface area contributed by atoms with Gasteiger partial charge in [0.2, 0.25) is 0 Å². The van der Waals surface area contributed by atoms with Crippen molar-refractivity contribution >= 4 is 43.5 Å². The van der Waals surface area contributed by atoms with Crippen LogP contribution in [0.5, 0.6) is 0 Å². The topological polar surface area (TPSA) is 41.5 Å². The summed E-state index contributed by atoms with van der Waals surface area (Å²) in [6, 6.07) is 7.32. The van der Waals surface area contributed by atoms with E-state index in [0.29, 0.717) is 11.5 Å². The smallest absolute Gasteiger partial charge is 0.267 e. The Kier molecular flexibility index (Phi) is 4.23. The summed E-state index contributed by atoms with van der Waals surface area (Å²) in [5.74, 6) is 0.520. The van der Waals surface area contributed by atoms with Gasteiger partial charge in [0.15, 0.2) is 0 Å². The predicted molar refractivity (Wildman–Crippen MR) is 96.4 cm³/mol. The first-order chi connectivity index (χ1) is 10.4. The van der Waals surface area contributed by atoms with Crippen LogP contribution in [-0.2, 0) is 0 Å². The minimum absolute atomic E-state index is 0.0914. The number of rotatable bonds is 3. The molecule has 3 atom stereocenters. The Hall–Kier alpha value is -0.680. The highest BCUT2D eigenvalue weighted by Crippen LogP contribution is 2.64. The standard InChI is InChI=1S/C17H20Br2N2O/c1-16-8-7-12(17(16,2)10-18)9-14(16)20-21-15(22)11-3-5-13(19)6-4-11/h3-6,12H,7-10H2,1-2H3,(H,21,22)/b20-14-/t12-,16-,17+/m0/s1. The number of fused-ring (bicyclic) bond motifs is 2. The number of hydrogen-bond acceptors (Lipinski definition) is 2. The van der Waals surface area contributed by atoms with Crippen molar-refractivity contribution in [3.63, 3.8) is 0 Å². The van der Waals surface area contributed by atoms with Crippen molar-refractivity contribution < 1.29 is 4.79 Å². The number of alkyl halides is 1. The maximum Gasteiger partial charge on any atom is 0.271 e. The van der Waals surface area contributed by atoms with Crippen LogP contribution in [0.15, 0.2) is 33.8 Å². The molecule has 2 aliphatic rings. The van der Waals surface area contributed by atoms with E-state index in [-0.39, 0.29) is 16.7 Å². The van der Waals surface area contributed by atoms with E-state index in [1.807, 2.05) is 12.1 Å². The fourth-order valence-electron chi connectivity index (χ4n) is 3.99. The number of hydrogen-bond donors (Lipinski definition) is 1. The van der Waals surface area contributed by atoms with Crippen molar-refractivity contribution in [3.8, 4) is 0 Å². The fraction of sp³-hybridized carbons (Fsp3) is 0.529. The monoisotopic (exact) mass is 426 g/mol. The normalized spacial score (nSPS) is 35.1. The van der Waals surface area contributed by atoms with Gasteiger partial charge in [-0.25, -0.2) is 5.43 Å². The summed E-state index contributed by atoms with van der Waals surface area (Å²) in [4.78, 5) is 12.2. The van der Waals surface area contributed by atoms with Crippen LogP contribution in [0.1, 0.15) is 43.5 Å². The van der Waals surface area contributed by atoms with Crippen molar-refractivity contribution in [3.05, 3.63) is 34.3 Å². The van der Waals surface area contributed by atoms with Crippen molar-refractivity contribution in [2.45, 2.75) is 33.1 Å². The third kappa shape index (κ3) is 2.37. The van der Waals surface area contributed by atoms with Gasteiger partial charge >= 0.3 is 0 Å². The summed E-state index contributed by atoms with van der Waals surface area (Å²) in [6.07, 6.45) is 3.42. The van der Waals surface area contributed by atoms with Crippen molar-refractivity contribution in [1.29, 1.82) is 0 Å². The van der Waals surface area contributed by atoms with Crippen molar-refractivity contribution in [2.75, 3.05) is 5.33 Å². The van der Waals surface area contributed by atoms with Gasteiger partial charge in [0.05, 0.1) is 0 Å². The molecule has 22 heavy (non-hydrogen) atoms. The van der Waals surface area contributed by atoms with Crippen LogP contribution < -0.4 is 5.43 Å². The Morgan fingerprint density at radius 3 is 2.64 bits per heavy atom. The second-order valence-electron chi connectivity index (χ2n) is 6.83. The molecule has 3 nitrogen and oxygen atoms in total. The van der Waals surface area contributed by atoms with Gasteiger partial charge < -0.3 is 0 Å². The van der Waals surface area contributed by atoms with Gasteiger partial charge in [0.1, 0.15) is 0 Å². The molecule has 1 amide bonds. The van der Waals surface area contributed by atoms with Crippen LogP contribution >= 0.6 is 31.9 Å². The van der Waals surface area contributed by atoms with Gasteiger partial charge in [-0.2, -0.15) is 5.10 Å². The second kappa shape index (κ2) is 5.75. The van der Waals surface area contributed by atoms with Crippen LogP contribution in [0.3, 0.4) is 0 Å². The number of nitrogens with one attached hydrogen (secondary N) is 1.